The van der Waals surface area contributed by atoms with E-state index in [0.717, 1.165) is 4.34 Å². The van der Waals surface area contributed by atoms with Crippen LogP contribution >= 0.6 is 7.52 Å². The minimum absolute atomic E-state index is 0.00913. The summed E-state index contributed by atoms with van der Waals surface area (Å²) < 4.78 is 19.9. The second-order valence-electron chi connectivity index (χ2n) is 4.71. The summed E-state index contributed by atoms with van der Waals surface area (Å²) in [5, 5.41) is 0. The molecule has 3 aromatic rings. The van der Waals surface area contributed by atoms with Crippen LogP contribution in [0, 0.1) is 0 Å². The maximum absolute atomic E-state index is 12.0. The number of rotatable bonds is 6. The molecule has 122 valence electrons. The number of nitrogens with one attached hydrogen (secondary N) is 1. The summed E-state index contributed by atoms with van der Waals surface area (Å²) in [6.07, 6.45) is 5.14. The Morgan fingerprint density at radius 3 is 3.00 bits per heavy atom. The van der Waals surface area contributed by atoms with E-state index >= 15 is 0 Å². The molecular weight excluding hydrogens is 325 g/mol. The van der Waals surface area contributed by atoms with E-state index in [1.807, 2.05) is 0 Å². The molecule has 0 spiro atoms. The van der Waals surface area contributed by atoms with Crippen molar-refractivity contribution in [2.45, 2.75) is 6.54 Å². The van der Waals surface area contributed by atoms with Crippen LogP contribution in [0.25, 0.3) is 11.2 Å². The van der Waals surface area contributed by atoms with Gasteiger partial charge in [0.1, 0.15) is 12.7 Å². The van der Waals surface area contributed by atoms with Crippen LogP contribution in [-0.2, 0) is 15.8 Å². The third-order valence-corrected chi connectivity index (χ3v) is 4.56. The number of nitrogens with zero attached hydrogens (tertiary/aromatic N) is 5. The standard InChI is InChI=1S/C11H14N7O4P/c12-11-15-9-8(10(19)16-11)14-6-17(9)3-4-22-7-23(20,21)18-2-1-13-5-18/h1-2,5-6H,3-4,7H2,(H,20,21)(H3,12,15,16,19). The predicted molar refractivity (Wildman–Crippen MR) is 80.8 cm³/mol. The van der Waals surface area contributed by atoms with Crippen molar-refractivity contribution in [1.29, 1.82) is 0 Å². The molecule has 0 aliphatic rings. The number of fused-ring (bicyclic) bond motifs is 1. The molecule has 0 bridgehead atoms. The average molecular weight is 339 g/mol. The van der Waals surface area contributed by atoms with Gasteiger partial charge < -0.3 is 19.9 Å². The van der Waals surface area contributed by atoms with Crippen LogP contribution in [0.4, 0.5) is 5.95 Å². The van der Waals surface area contributed by atoms with Crippen LogP contribution in [0.1, 0.15) is 0 Å². The minimum Gasteiger partial charge on any atom is -0.369 e. The van der Waals surface area contributed by atoms with Gasteiger partial charge in [0.25, 0.3) is 5.56 Å². The molecule has 0 amide bonds. The van der Waals surface area contributed by atoms with E-state index in [2.05, 4.69) is 19.9 Å². The van der Waals surface area contributed by atoms with E-state index in [0.29, 0.717) is 12.2 Å². The van der Waals surface area contributed by atoms with Crippen molar-refractivity contribution < 1.29 is 14.2 Å². The lowest BCUT2D eigenvalue weighted by molar-refractivity contribution is 0.158. The lowest BCUT2D eigenvalue weighted by atomic mass is 10.5. The molecule has 4 N–H and O–H groups in total. The summed E-state index contributed by atoms with van der Waals surface area (Å²) in [4.78, 5) is 35.5. The maximum atomic E-state index is 12.0. The van der Waals surface area contributed by atoms with Gasteiger partial charge in [0.2, 0.25) is 5.95 Å². The van der Waals surface area contributed by atoms with Crippen molar-refractivity contribution in [3.8, 4) is 0 Å². The molecule has 0 fully saturated rings. The first-order chi connectivity index (χ1) is 11.0. The second kappa shape index (κ2) is 5.95. The number of nitrogen functional groups attached to an aromatic ring is 1. The number of imidazole rings is 2. The van der Waals surface area contributed by atoms with Gasteiger partial charge in [-0.3, -0.25) is 18.7 Å². The molecule has 0 aliphatic heterocycles. The highest BCUT2D eigenvalue weighted by atomic mass is 31.2. The lowest BCUT2D eigenvalue weighted by Crippen LogP contribution is -2.13. The summed E-state index contributed by atoms with van der Waals surface area (Å²) >= 11 is 0. The Morgan fingerprint density at radius 2 is 2.26 bits per heavy atom. The van der Waals surface area contributed by atoms with Gasteiger partial charge in [0.05, 0.1) is 12.9 Å². The molecule has 11 nitrogen and oxygen atoms in total. The largest absolute Gasteiger partial charge is 0.369 e. The van der Waals surface area contributed by atoms with Crippen molar-refractivity contribution in [3.05, 3.63) is 35.4 Å². The Morgan fingerprint density at radius 1 is 1.43 bits per heavy atom. The van der Waals surface area contributed by atoms with Crippen LogP contribution in [-0.4, -0.2) is 46.7 Å². The maximum Gasteiger partial charge on any atom is 0.323 e. The highest BCUT2D eigenvalue weighted by Crippen LogP contribution is 2.41. The van der Waals surface area contributed by atoms with Crippen LogP contribution in [0.15, 0.2) is 29.8 Å². The van der Waals surface area contributed by atoms with E-state index in [4.69, 9.17) is 10.5 Å². The molecule has 0 aliphatic carbocycles. The normalized spacial score (nSPS) is 14.1. The molecule has 0 saturated heterocycles. The fraction of sp³-hybridized carbons (Fsp3) is 0.273. The van der Waals surface area contributed by atoms with E-state index in [-0.39, 0.29) is 24.4 Å². The van der Waals surface area contributed by atoms with Gasteiger partial charge in [-0.15, -0.1) is 0 Å². The Kier molecular flexibility index (Phi) is 3.99. The number of H-pyrrole nitrogens is 1. The van der Waals surface area contributed by atoms with E-state index in [9.17, 15) is 14.3 Å². The Balaban J connectivity index is 1.64. The van der Waals surface area contributed by atoms with Crippen molar-refractivity contribution >= 4 is 24.6 Å². The van der Waals surface area contributed by atoms with Crippen LogP contribution in [0.3, 0.4) is 0 Å². The molecule has 1 unspecified atom stereocenters. The van der Waals surface area contributed by atoms with Crippen molar-refractivity contribution in [2.24, 2.45) is 0 Å². The molecule has 3 rings (SSSR count). The first kappa shape index (κ1) is 15.4. The molecule has 12 heteroatoms. The average Bonchev–Trinajstić information content (AvgIpc) is 3.14. The molecular formula is C11H14N7O4P. The summed E-state index contributed by atoms with van der Waals surface area (Å²) in [5.41, 5.74) is 5.58. The SMILES string of the molecule is Nc1nc2c(ncn2CCOCP(=O)(O)n2ccnc2)c(=O)[nH]1. The predicted octanol–water partition coefficient (Wildman–Crippen LogP) is -0.394. The monoisotopic (exact) mass is 339 g/mol. The summed E-state index contributed by atoms with van der Waals surface area (Å²) in [7, 11) is -3.65. The lowest BCUT2D eigenvalue weighted by Gasteiger charge is -2.12. The Labute approximate surface area is 129 Å². The first-order valence-electron chi connectivity index (χ1n) is 6.56. The number of aromatic amines is 1. The first-order valence-corrected chi connectivity index (χ1v) is 8.36. The zero-order chi connectivity index (χ0) is 16.4. The molecule has 1 atom stereocenters. The van der Waals surface area contributed by atoms with Gasteiger partial charge in [-0.05, 0) is 0 Å². The fourth-order valence-corrected chi connectivity index (χ4v) is 2.97. The molecule has 3 heterocycles. The van der Waals surface area contributed by atoms with Crippen LogP contribution in [0.2, 0.25) is 0 Å². The fourth-order valence-electron chi connectivity index (χ4n) is 1.98. The molecule has 3 aromatic heterocycles. The molecule has 0 saturated carbocycles. The van der Waals surface area contributed by atoms with Gasteiger partial charge in [-0.1, -0.05) is 0 Å². The van der Waals surface area contributed by atoms with E-state index < -0.39 is 13.1 Å². The summed E-state index contributed by atoms with van der Waals surface area (Å²) in [5.74, 6) is -0.00913. The zero-order valence-corrected chi connectivity index (χ0v) is 12.8. The molecule has 23 heavy (non-hydrogen) atoms. The van der Waals surface area contributed by atoms with Crippen molar-refractivity contribution in [2.75, 3.05) is 18.7 Å². The van der Waals surface area contributed by atoms with Gasteiger partial charge in [0.15, 0.2) is 11.2 Å². The summed E-state index contributed by atoms with van der Waals surface area (Å²) in [6, 6.07) is 0. The molecule has 0 radical (unpaired) electrons. The highest BCUT2D eigenvalue weighted by molar-refractivity contribution is 7.56. The number of ether oxygens (including phenoxy) is 1. The van der Waals surface area contributed by atoms with Crippen molar-refractivity contribution in [3.63, 3.8) is 0 Å². The van der Waals surface area contributed by atoms with Gasteiger partial charge in [0, 0.05) is 18.9 Å². The third kappa shape index (κ3) is 3.16. The quantitative estimate of drug-likeness (QED) is 0.405. The number of anilines is 1. The van der Waals surface area contributed by atoms with E-state index in [1.54, 1.807) is 4.57 Å². The van der Waals surface area contributed by atoms with Gasteiger partial charge in [-0.25, -0.2) is 9.97 Å². The third-order valence-electron chi connectivity index (χ3n) is 3.08. The topological polar surface area (TPSA) is 154 Å². The second-order valence-corrected chi connectivity index (χ2v) is 6.76. The number of aromatic nitrogens is 6. The van der Waals surface area contributed by atoms with Crippen LogP contribution in [0.5, 0.6) is 0 Å². The minimum atomic E-state index is -3.65. The van der Waals surface area contributed by atoms with E-state index in [1.165, 1.54) is 25.0 Å². The van der Waals surface area contributed by atoms with Gasteiger partial charge in [-0.2, -0.15) is 4.98 Å². The smallest absolute Gasteiger partial charge is 0.323 e. The van der Waals surface area contributed by atoms with Crippen molar-refractivity contribution in [1.82, 2.24) is 28.8 Å². The Bertz CT molecular complexity index is 916. The zero-order valence-electron chi connectivity index (χ0n) is 11.9. The molecule has 0 aromatic carbocycles. The van der Waals surface area contributed by atoms with Crippen LogP contribution < -0.4 is 11.3 Å². The number of nitrogens with two attached hydrogens (primary N) is 1. The van der Waals surface area contributed by atoms with Gasteiger partial charge >= 0.3 is 7.52 Å². The number of hydrogen-bond acceptors (Lipinski definition) is 7. The summed E-state index contributed by atoms with van der Waals surface area (Å²) in [6.45, 7) is 0.440. The highest BCUT2D eigenvalue weighted by Gasteiger charge is 2.20. The Hall–Kier alpha value is -2.49. The number of hydrogen-bond donors (Lipinski definition) is 3.